The Morgan fingerprint density at radius 1 is 1.09 bits per heavy atom. The molecule has 0 aliphatic rings. The summed E-state index contributed by atoms with van der Waals surface area (Å²) >= 11 is 1.37. The molecule has 2 N–H and O–H groups in total. The molecule has 1 heterocycles. The Morgan fingerprint density at radius 2 is 1.84 bits per heavy atom. The van der Waals surface area contributed by atoms with Crippen LogP contribution in [-0.2, 0) is 0 Å². The summed E-state index contributed by atoms with van der Waals surface area (Å²) in [7, 11) is 1.65. The monoisotopic (exact) mass is 441 g/mol. The third-order valence-electron chi connectivity index (χ3n) is 5.41. The van der Waals surface area contributed by atoms with Gasteiger partial charge in [0.2, 0.25) is 0 Å². The normalized spacial score (nSPS) is 11.6. The minimum atomic E-state index is -0.149. The molecule has 1 unspecified atom stereocenters. The zero-order chi connectivity index (χ0) is 22.3. The molecule has 5 nitrogen and oxygen atoms in total. The van der Waals surface area contributed by atoms with Crippen LogP contribution in [-0.4, -0.2) is 30.3 Å². The molecular weight excluding hydrogens is 418 g/mol. The molecule has 0 spiro atoms. The summed E-state index contributed by atoms with van der Waals surface area (Å²) in [5, 5.41) is 13.2. The highest BCUT2D eigenvalue weighted by molar-refractivity contribution is 7.99. The summed E-state index contributed by atoms with van der Waals surface area (Å²) in [4.78, 5) is 17.2. The summed E-state index contributed by atoms with van der Waals surface area (Å²) in [6, 6.07) is 25.6. The van der Waals surface area contributed by atoms with Crippen molar-refractivity contribution in [3.05, 3.63) is 95.7 Å². The number of aromatic nitrogens is 1. The average molecular weight is 442 g/mol. The molecule has 32 heavy (non-hydrogen) atoms. The number of nitriles is 1. The number of H-pyrrole nitrogens is 1. The number of amides is 1. The van der Waals surface area contributed by atoms with E-state index >= 15 is 0 Å². The molecule has 0 aliphatic carbocycles. The van der Waals surface area contributed by atoms with E-state index in [1.807, 2.05) is 66.9 Å². The fourth-order valence-electron chi connectivity index (χ4n) is 3.81. The van der Waals surface area contributed by atoms with Crippen LogP contribution in [0, 0.1) is 11.3 Å². The first-order valence-electron chi connectivity index (χ1n) is 10.3. The zero-order valence-corrected chi connectivity index (χ0v) is 18.5. The van der Waals surface area contributed by atoms with Crippen LogP contribution in [0.25, 0.3) is 10.9 Å². The average Bonchev–Trinajstić information content (AvgIpc) is 3.27. The van der Waals surface area contributed by atoms with Gasteiger partial charge in [-0.05, 0) is 41.5 Å². The summed E-state index contributed by atoms with van der Waals surface area (Å²) in [5.74, 6) is 0.900. The van der Waals surface area contributed by atoms with Crippen molar-refractivity contribution < 1.29 is 9.53 Å². The number of para-hydroxylation sites is 1. The number of methoxy groups -OCH3 is 1. The predicted octanol–water partition coefficient (Wildman–Crippen LogP) is 5.35. The molecule has 1 amide bonds. The number of rotatable bonds is 8. The van der Waals surface area contributed by atoms with Gasteiger partial charge < -0.3 is 15.0 Å². The molecule has 4 rings (SSSR count). The van der Waals surface area contributed by atoms with Crippen LogP contribution in [0.5, 0.6) is 5.75 Å². The lowest BCUT2D eigenvalue weighted by molar-refractivity contribution is 0.0949. The van der Waals surface area contributed by atoms with E-state index in [0.29, 0.717) is 17.9 Å². The second-order valence-electron chi connectivity index (χ2n) is 7.27. The van der Waals surface area contributed by atoms with Crippen LogP contribution in [0.15, 0.2) is 83.9 Å². The second-order valence-corrected chi connectivity index (χ2v) is 8.29. The van der Waals surface area contributed by atoms with E-state index in [4.69, 9.17) is 10.00 Å². The van der Waals surface area contributed by atoms with E-state index in [0.717, 1.165) is 32.7 Å². The first-order valence-corrected chi connectivity index (χ1v) is 11.3. The van der Waals surface area contributed by atoms with Crippen molar-refractivity contribution in [2.24, 2.45) is 0 Å². The maximum absolute atomic E-state index is 13.1. The van der Waals surface area contributed by atoms with Crippen molar-refractivity contribution in [3.63, 3.8) is 0 Å². The number of hydrogen-bond donors (Lipinski definition) is 2. The number of carbonyl (C=O) groups excluding carboxylic acids is 1. The highest BCUT2D eigenvalue weighted by Gasteiger charge is 2.20. The Morgan fingerprint density at radius 3 is 2.62 bits per heavy atom. The first kappa shape index (κ1) is 21.5. The SMILES string of the molecule is COc1ccc(C(CNC(=O)c2ccccc2SCC#N)c2c[nH]c3ccccc23)cc1. The molecular formula is C26H23N3O2S. The van der Waals surface area contributed by atoms with E-state index in [1.165, 1.54) is 11.8 Å². The van der Waals surface area contributed by atoms with Gasteiger partial charge >= 0.3 is 0 Å². The Hall–Kier alpha value is -3.69. The van der Waals surface area contributed by atoms with Crippen LogP contribution in [0.4, 0.5) is 0 Å². The molecule has 3 aromatic carbocycles. The predicted molar refractivity (Wildman–Crippen MR) is 128 cm³/mol. The van der Waals surface area contributed by atoms with E-state index < -0.39 is 0 Å². The van der Waals surface area contributed by atoms with Crippen LogP contribution in [0.3, 0.4) is 0 Å². The van der Waals surface area contributed by atoms with E-state index in [1.54, 1.807) is 13.2 Å². The molecule has 0 fully saturated rings. The lowest BCUT2D eigenvalue weighted by Crippen LogP contribution is -2.29. The summed E-state index contributed by atoms with van der Waals surface area (Å²) in [6.45, 7) is 0.435. The van der Waals surface area contributed by atoms with Crippen molar-refractivity contribution in [1.82, 2.24) is 10.3 Å². The largest absolute Gasteiger partial charge is 0.497 e. The lowest BCUT2D eigenvalue weighted by Gasteiger charge is -2.19. The van der Waals surface area contributed by atoms with Gasteiger partial charge in [0, 0.05) is 34.5 Å². The topological polar surface area (TPSA) is 77.9 Å². The standard InChI is InChI=1S/C26H23N3O2S/c1-31-19-12-10-18(11-13-19)22(23-17-28-24-8-4-2-6-20(23)24)16-29-26(30)21-7-3-5-9-25(21)32-15-14-27/h2-13,17,22,28H,15-16H2,1H3,(H,29,30). The van der Waals surface area contributed by atoms with E-state index in [-0.39, 0.29) is 11.8 Å². The number of nitrogens with zero attached hydrogens (tertiary/aromatic N) is 1. The molecule has 1 atom stereocenters. The first-order chi connectivity index (χ1) is 15.7. The highest BCUT2D eigenvalue weighted by atomic mass is 32.2. The third kappa shape index (κ3) is 4.63. The minimum absolute atomic E-state index is 0.0417. The summed E-state index contributed by atoms with van der Waals surface area (Å²) in [6.07, 6.45) is 2.02. The van der Waals surface area contributed by atoms with Crippen molar-refractivity contribution in [1.29, 1.82) is 5.26 Å². The molecule has 1 aromatic heterocycles. The Balaban J connectivity index is 1.63. The van der Waals surface area contributed by atoms with Gasteiger partial charge in [-0.3, -0.25) is 4.79 Å². The molecule has 4 aromatic rings. The highest BCUT2D eigenvalue weighted by Crippen LogP contribution is 2.31. The molecule has 160 valence electrons. The van der Waals surface area contributed by atoms with Gasteiger partial charge in [0.25, 0.3) is 5.91 Å². The van der Waals surface area contributed by atoms with Crippen LogP contribution in [0.1, 0.15) is 27.4 Å². The van der Waals surface area contributed by atoms with Gasteiger partial charge in [-0.15, -0.1) is 11.8 Å². The zero-order valence-electron chi connectivity index (χ0n) is 17.7. The van der Waals surface area contributed by atoms with Crippen molar-refractivity contribution in [2.75, 3.05) is 19.4 Å². The number of benzene rings is 3. The number of thioether (sulfide) groups is 1. The number of aromatic amines is 1. The van der Waals surface area contributed by atoms with Gasteiger partial charge in [-0.2, -0.15) is 5.26 Å². The van der Waals surface area contributed by atoms with Crippen LogP contribution < -0.4 is 10.1 Å². The van der Waals surface area contributed by atoms with Crippen molar-refractivity contribution in [3.8, 4) is 11.8 Å². The lowest BCUT2D eigenvalue weighted by atomic mass is 9.90. The Kier molecular flexibility index (Phi) is 6.78. The Bertz CT molecular complexity index is 1260. The number of hydrogen-bond acceptors (Lipinski definition) is 4. The quantitative estimate of drug-likeness (QED) is 0.361. The number of ether oxygens (including phenoxy) is 1. The maximum Gasteiger partial charge on any atom is 0.252 e. The minimum Gasteiger partial charge on any atom is -0.497 e. The molecule has 6 heteroatoms. The van der Waals surface area contributed by atoms with Gasteiger partial charge in [0.05, 0.1) is 24.5 Å². The van der Waals surface area contributed by atoms with Gasteiger partial charge in [0.15, 0.2) is 0 Å². The fourth-order valence-corrected chi connectivity index (χ4v) is 4.52. The summed E-state index contributed by atoms with van der Waals surface area (Å²) < 4.78 is 5.31. The Labute approximate surface area is 191 Å². The third-order valence-corrected chi connectivity index (χ3v) is 6.35. The number of fused-ring (bicyclic) bond motifs is 1. The molecule has 0 radical (unpaired) electrons. The fraction of sp³-hybridized carbons (Fsp3) is 0.154. The molecule has 0 saturated carbocycles. The van der Waals surface area contributed by atoms with Gasteiger partial charge in [0.1, 0.15) is 5.75 Å². The van der Waals surface area contributed by atoms with E-state index in [2.05, 4.69) is 22.4 Å². The smallest absolute Gasteiger partial charge is 0.252 e. The van der Waals surface area contributed by atoms with Crippen molar-refractivity contribution in [2.45, 2.75) is 10.8 Å². The molecule has 0 bridgehead atoms. The maximum atomic E-state index is 13.1. The second kappa shape index (κ2) is 10.1. The number of carbonyl (C=O) groups is 1. The number of nitrogens with one attached hydrogen (secondary N) is 2. The van der Waals surface area contributed by atoms with Crippen molar-refractivity contribution >= 4 is 28.6 Å². The molecule has 0 aliphatic heterocycles. The molecule has 0 saturated heterocycles. The van der Waals surface area contributed by atoms with Gasteiger partial charge in [-0.1, -0.05) is 42.5 Å². The van der Waals surface area contributed by atoms with E-state index in [9.17, 15) is 4.79 Å². The van der Waals surface area contributed by atoms with Crippen LogP contribution >= 0.6 is 11.8 Å². The van der Waals surface area contributed by atoms with Gasteiger partial charge in [-0.25, -0.2) is 0 Å². The summed E-state index contributed by atoms with van der Waals surface area (Å²) in [5.41, 5.74) is 3.85. The van der Waals surface area contributed by atoms with Crippen LogP contribution in [0.2, 0.25) is 0 Å².